The van der Waals surface area contributed by atoms with E-state index in [0.29, 0.717) is 19.7 Å². The summed E-state index contributed by atoms with van der Waals surface area (Å²) in [6.07, 6.45) is 5.69. The summed E-state index contributed by atoms with van der Waals surface area (Å²) in [6.45, 7) is 8.28. The second kappa shape index (κ2) is 8.93. The molecule has 0 saturated carbocycles. The summed E-state index contributed by atoms with van der Waals surface area (Å²) in [7, 11) is -1.87. The Bertz CT molecular complexity index is 904. The molecule has 0 spiro atoms. The number of sulfone groups is 1. The molecule has 0 amide bonds. The van der Waals surface area contributed by atoms with Crippen LogP contribution in [0, 0.1) is 5.41 Å². The van der Waals surface area contributed by atoms with Gasteiger partial charge in [0.05, 0.1) is 36.0 Å². The molecule has 2 aromatic rings. The summed E-state index contributed by atoms with van der Waals surface area (Å²) < 4.78 is 33.1. The molecule has 1 aliphatic heterocycles. The fraction of sp³-hybridized carbons (Fsp3) is 0.619. The number of hydrogen-bond donors (Lipinski definition) is 0. The smallest absolute Gasteiger partial charge is 0.227 e. The Balaban J connectivity index is 1.88. The van der Waals surface area contributed by atoms with Gasteiger partial charge in [-0.1, -0.05) is 26.8 Å². The lowest BCUT2D eigenvalue weighted by atomic mass is 10.0. The normalized spacial score (nSPS) is 18.4. The zero-order valence-electron chi connectivity index (χ0n) is 17.8. The van der Waals surface area contributed by atoms with Gasteiger partial charge in [-0.05, 0) is 36.9 Å². The molecule has 0 unspecified atom stereocenters. The molecule has 1 aliphatic rings. The van der Waals surface area contributed by atoms with E-state index in [-0.39, 0.29) is 22.4 Å². The Hall–Kier alpha value is -1.77. The Morgan fingerprint density at radius 1 is 1.24 bits per heavy atom. The highest BCUT2D eigenvalue weighted by atomic mass is 32.2. The molecule has 3 rings (SSSR count). The second-order valence-electron chi connectivity index (χ2n) is 8.88. The Morgan fingerprint density at radius 3 is 2.69 bits per heavy atom. The van der Waals surface area contributed by atoms with Crippen LogP contribution in [0.15, 0.2) is 35.7 Å². The van der Waals surface area contributed by atoms with E-state index >= 15 is 0 Å². The molecule has 0 N–H and O–H groups in total. The van der Waals surface area contributed by atoms with Crippen LogP contribution in [0.3, 0.4) is 0 Å². The average molecular weight is 421 g/mol. The first-order valence-corrected chi connectivity index (χ1v) is 11.8. The van der Waals surface area contributed by atoms with E-state index in [9.17, 15) is 8.42 Å². The molecule has 1 fully saturated rings. The second-order valence-corrected chi connectivity index (χ2v) is 10.8. The van der Waals surface area contributed by atoms with Gasteiger partial charge in [0.25, 0.3) is 0 Å². The van der Waals surface area contributed by atoms with Gasteiger partial charge < -0.3 is 9.30 Å². The van der Waals surface area contributed by atoms with E-state index in [0.717, 1.165) is 30.8 Å². The van der Waals surface area contributed by atoms with E-state index < -0.39 is 9.84 Å². The van der Waals surface area contributed by atoms with E-state index in [1.807, 2.05) is 43.7 Å². The molecule has 1 saturated heterocycles. The van der Waals surface area contributed by atoms with Gasteiger partial charge in [0.15, 0.2) is 0 Å². The highest BCUT2D eigenvalue weighted by Crippen LogP contribution is 2.32. The van der Waals surface area contributed by atoms with Crippen LogP contribution < -0.4 is 0 Å². The van der Waals surface area contributed by atoms with Crippen LogP contribution in [0.5, 0.6) is 0 Å². The number of rotatable bonds is 8. The van der Waals surface area contributed by atoms with Crippen LogP contribution >= 0.6 is 0 Å². The lowest BCUT2D eigenvalue weighted by Gasteiger charge is -2.25. The first-order valence-electron chi connectivity index (χ1n) is 10.1. The standard InChI is InChI=1S/C21H32N4O3S/c1-21(2,3)16-29(26,27)20-23-14-17(25(20)12-13-28-4)15-24-11-7-9-19(24)18-8-5-6-10-22-18/h5-6,8,10,14,19H,7,9,11-13,15-16H2,1-4H3/t19-/m0/s1. The van der Waals surface area contributed by atoms with Gasteiger partial charge in [-0.25, -0.2) is 13.4 Å². The van der Waals surface area contributed by atoms with Gasteiger partial charge in [0, 0.05) is 26.4 Å². The summed E-state index contributed by atoms with van der Waals surface area (Å²) in [5.74, 6) is 0.0592. The van der Waals surface area contributed by atoms with Crippen molar-refractivity contribution in [2.75, 3.05) is 26.0 Å². The lowest BCUT2D eigenvalue weighted by Crippen LogP contribution is -2.27. The number of ether oxygens (including phenoxy) is 1. The van der Waals surface area contributed by atoms with Crippen LogP contribution in [0.4, 0.5) is 0 Å². The van der Waals surface area contributed by atoms with Gasteiger partial charge in [0.2, 0.25) is 15.0 Å². The number of methoxy groups -OCH3 is 1. The molecule has 0 aromatic carbocycles. The van der Waals surface area contributed by atoms with Crippen LogP contribution in [-0.4, -0.2) is 53.9 Å². The zero-order chi connectivity index (χ0) is 21.1. The third kappa shape index (κ3) is 5.43. The van der Waals surface area contributed by atoms with Crippen molar-refractivity contribution in [2.45, 2.75) is 57.9 Å². The van der Waals surface area contributed by atoms with Crippen LogP contribution in [0.2, 0.25) is 0 Å². The summed E-state index contributed by atoms with van der Waals surface area (Å²) >= 11 is 0. The SMILES string of the molecule is COCCn1c(CN2CCC[C@H]2c2ccccn2)cnc1S(=O)(=O)CC(C)(C)C. The van der Waals surface area contributed by atoms with Crippen molar-refractivity contribution in [1.82, 2.24) is 19.4 Å². The van der Waals surface area contributed by atoms with Crippen molar-refractivity contribution in [3.8, 4) is 0 Å². The van der Waals surface area contributed by atoms with Crippen molar-refractivity contribution in [1.29, 1.82) is 0 Å². The fourth-order valence-corrected chi connectivity index (χ4v) is 5.98. The van der Waals surface area contributed by atoms with Gasteiger partial charge >= 0.3 is 0 Å². The maximum Gasteiger partial charge on any atom is 0.227 e. The van der Waals surface area contributed by atoms with Crippen molar-refractivity contribution in [3.63, 3.8) is 0 Å². The first kappa shape index (κ1) is 21.9. The Morgan fingerprint density at radius 2 is 2.03 bits per heavy atom. The van der Waals surface area contributed by atoms with E-state index in [4.69, 9.17) is 4.74 Å². The summed E-state index contributed by atoms with van der Waals surface area (Å²) in [5, 5.41) is 0.146. The molecule has 160 valence electrons. The molecule has 1 atom stereocenters. The number of hydrogen-bond acceptors (Lipinski definition) is 6. The molecule has 7 nitrogen and oxygen atoms in total. The number of pyridine rings is 1. The van der Waals surface area contributed by atoms with Crippen LogP contribution in [0.1, 0.15) is 51.0 Å². The van der Waals surface area contributed by atoms with Crippen molar-refractivity contribution < 1.29 is 13.2 Å². The van der Waals surface area contributed by atoms with Crippen molar-refractivity contribution >= 4 is 9.84 Å². The monoisotopic (exact) mass is 420 g/mol. The molecule has 3 heterocycles. The number of imidazole rings is 1. The predicted molar refractivity (Wildman–Crippen MR) is 112 cm³/mol. The maximum atomic E-state index is 13.0. The Labute approximate surface area is 174 Å². The highest BCUT2D eigenvalue weighted by molar-refractivity contribution is 7.91. The largest absolute Gasteiger partial charge is 0.383 e. The third-order valence-electron chi connectivity index (χ3n) is 5.08. The molecule has 2 aromatic heterocycles. The lowest BCUT2D eigenvalue weighted by molar-refractivity contribution is 0.180. The molecular formula is C21H32N4O3S. The maximum absolute atomic E-state index is 13.0. The predicted octanol–water partition coefficient (Wildman–Crippen LogP) is 3.08. The molecular weight excluding hydrogens is 388 g/mol. The summed E-state index contributed by atoms with van der Waals surface area (Å²) in [5.41, 5.74) is 1.63. The molecule has 8 heteroatoms. The third-order valence-corrected chi connectivity index (χ3v) is 7.21. The van der Waals surface area contributed by atoms with E-state index in [1.54, 1.807) is 13.3 Å². The van der Waals surface area contributed by atoms with Crippen LogP contribution in [0.25, 0.3) is 0 Å². The summed E-state index contributed by atoms with van der Waals surface area (Å²) in [4.78, 5) is 11.2. The fourth-order valence-electron chi connectivity index (χ4n) is 3.95. The van der Waals surface area contributed by atoms with Gasteiger partial charge in [-0.3, -0.25) is 9.88 Å². The first-order chi connectivity index (χ1) is 13.7. The zero-order valence-corrected chi connectivity index (χ0v) is 18.7. The molecule has 0 radical (unpaired) electrons. The number of aromatic nitrogens is 3. The quantitative estimate of drug-likeness (QED) is 0.653. The van der Waals surface area contributed by atoms with Gasteiger partial charge in [-0.15, -0.1) is 0 Å². The minimum absolute atomic E-state index is 0.0592. The molecule has 29 heavy (non-hydrogen) atoms. The minimum atomic E-state index is -3.49. The van der Waals surface area contributed by atoms with Crippen molar-refractivity contribution in [3.05, 3.63) is 42.0 Å². The van der Waals surface area contributed by atoms with Gasteiger partial charge in [0.1, 0.15) is 0 Å². The van der Waals surface area contributed by atoms with Crippen molar-refractivity contribution in [2.24, 2.45) is 5.41 Å². The average Bonchev–Trinajstić information content (AvgIpc) is 3.26. The Kier molecular flexibility index (Phi) is 6.76. The van der Waals surface area contributed by atoms with E-state index in [2.05, 4.69) is 20.9 Å². The number of likely N-dealkylation sites (tertiary alicyclic amines) is 1. The minimum Gasteiger partial charge on any atom is -0.383 e. The summed E-state index contributed by atoms with van der Waals surface area (Å²) in [6, 6.07) is 6.25. The van der Waals surface area contributed by atoms with Gasteiger partial charge in [-0.2, -0.15) is 0 Å². The molecule has 0 aliphatic carbocycles. The van der Waals surface area contributed by atoms with E-state index in [1.165, 1.54) is 0 Å². The highest BCUT2D eigenvalue weighted by Gasteiger charge is 2.31. The molecule has 0 bridgehead atoms. The van der Waals surface area contributed by atoms with Crippen LogP contribution in [-0.2, 0) is 27.7 Å². The topological polar surface area (TPSA) is 77.3 Å². The number of nitrogens with zero attached hydrogens (tertiary/aromatic N) is 4.